The van der Waals surface area contributed by atoms with Gasteiger partial charge in [-0.1, -0.05) is 53.7 Å². The summed E-state index contributed by atoms with van der Waals surface area (Å²) in [4.78, 5) is 23.9. The van der Waals surface area contributed by atoms with E-state index in [0.717, 1.165) is 5.56 Å². The van der Waals surface area contributed by atoms with Gasteiger partial charge < -0.3 is 19.9 Å². The van der Waals surface area contributed by atoms with E-state index in [9.17, 15) is 19.8 Å². The molecule has 9 heteroatoms. The first-order valence-electron chi connectivity index (χ1n) is 10.8. The number of carbonyl (C=O) groups excluding carboxylic acids is 1. The molecule has 3 N–H and O–H groups in total. The Balaban J connectivity index is 1.48. The minimum absolute atomic E-state index is 0.159. The molecule has 1 amide bonds. The number of anilines is 1. The monoisotopic (exact) mass is 468 g/mol. The van der Waals surface area contributed by atoms with Gasteiger partial charge in [-0.05, 0) is 18.2 Å². The van der Waals surface area contributed by atoms with Crippen LogP contribution in [0.5, 0.6) is 5.75 Å². The van der Waals surface area contributed by atoms with Crippen LogP contribution in [0.4, 0.5) is 5.69 Å². The van der Waals surface area contributed by atoms with Gasteiger partial charge in [-0.15, -0.1) is 5.10 Å². The molecule has 0 aliphatic heterocycles. The number of carboxylic acids is 1. The molecule has 2 heterocycles. The van der Waals surface area contributed by atoms with E-state index < -0.39 is 11.7 Å². The van der Waals surface area contributed by atoms with E-state index in [0.29, 0.717) is 40.2 Å². The first kappa shape index (κ1) is 21.9. The number of aryl methyl sites for hydroxylation is 1. The molecule has 0 aliphatic carbocycles. The number of hydrogen-bond acceptors (Lipinski definition) is 6. The lowest BCUT2D eigenvalue weighted by Crippen LogP contribution is -2.14. The van der Waals surface area contributed by atoms with Crippen molar-refractivity contribution in [1.29, 1.82) is 0 Å². The number of benzene rings is 3. The lowest BCUT2D eigenvalue weighted by atomic mass is 10.0. The number of nitrogens with one attached hydrogen (secondary N) is 1. The molecule has 0 saturated heterocycles. The van der Waals surface area contributed by atoms with Crippen molar-refractivity contribution < 1.29 is 24.2 Å². The number of carbonyl (C=O) groups is 2. The van der Waals surface area contributed by atoms with Crippen molar-refractivity contribution in [2.24, 2.45) is 0 Å². The molecule has 0 aliphatic rings. The highest BCUT2D eigenvalue weighted by atomic mass is 16.4. The van der Waals surface area contributed by atoms with Crippen molar-refractivity contribution in [2.45, 2.75) is 13.0 Å². The zero-order valence-corrected chi connectivity index (χ0v) is 18.4. The summed E-state index contributed by atoms with van der Waals surface area (Å²) in [6.07, 6.45) is 1.87. The van der Waals surface area contributed by atoms with Crippen LogP contribution in [0.3, 0.4) is 0 Å². The predicted octanol–water partition coefficient (Wildman–Crippen LogP) is 4.79. The van der Waals surface area contributed by atoms with Crippen molar-refractivity contribution in [1.82, 2.24) is 15.0 Å². The molecular formula is C26H20N4O5. The van der Waals surface area contributed by atoms with Crippen molar-refractivity contribution in [3.8, 4) is 28.3 Å². The smallest absolute Gasteiger partial charge is 0.339 e. The first-order valence-corrected chi connectivity index (χ1v) is 10.8. The molecule has 0 saturated carbocycles. The second kappa shape index (κ2) is 9.14. The fourth-order valence-corrected chi connectivity index (χ4v) is 3.83. The standard InChI is InChI=1S/C26H20N4O5/c31-21-14-22-19(13-18(21)26(33)34)24(25(35-22)16-7-3-1-4-8-16)20-15-30(29-28-20)12-11-23(32)27-17-9-5-2-6-10-17/h1-10,13-15,31H,11-12H2,(H,27,32)(H,33,34). The van der Waals surface area contributed by atoms with Gasteiger partial charge in [0.2, 0.25) is 5.91 Å². The summed E-state index contributed by atoms with van der Waals surface area (Å²) in [7, 11) is 0. The van der Waals surface area contributed by atoms with Crippen LogP contribution in [0.15, 0.2) is 83.4 Å². The number of aromatic hydroxyl groups is 1. The first-order chi connectivity index (χ1) is 17.0. The van der Waals surface area contributed by atoms with Crippen molar-refractivity contribution in [3.63, 3.8) is 0 Å². The van der Waals surface area contributed by atoms with Gasteiger partial charge in [0.25, 0.3) is 0 Å². The molecule has 0 spiro atoms. The molecule has 2 aromatic heterocycles. The number of fused-ring (bicyclic) bond motifs is 1. The minimum Gasteiger partial charge on any atom is -0.507 e. The van der Waals surface area contributed by atoms with Crippen LogP contribution >= 0.6 is 0 Å². The molecule has 9 nitrogen and oxygen atoms in total. The number of carboxylic acid groups (broad SMARTS) is 1. The molecule has 0 unspecified atom stereocenters. The number of phenols is 1. The second-order valence-electron chi connectivity index (χ2n) is 7.87. The van der Waals surface area contributed by atoms with Crippen LogP contribution < -0.4 is 5.32 Å². The topological polar surface area (TPSA) is 130 Å². The Bertz CT molecular complexity index is 1520. The number of nitrogens with zero attached hydrogens (tertiary/aromatic N) is 3. The van der Waals surface area contributed by atoms with Gasteiger partial charge in [-0.3, -0.25) is 9.48 Å². The molecule has 174 valence electrons. The third kappa shape index (κ3) is 4.47. The number of rotatable bonds is 7. The average molecular weight is 468 g/mol. The van der Waals surface area contributed by atoms with E-state index in [1.807, 2.05) is 60.7 Å². The summed E-state index contributed by atoms with van der Waals surface area (Å²) in [5.41, 5.74) is 2.54. The summed E-state index contributed by atoms with van der Waals surface area (Å²) in [6.45, 7) is 0.295. The van der Waals surface area contributed by atoms with Crippen LogP contribution in [-0.2, 0) is 11.3 Å². The SMILES string of the molecule is O=C(CCn1cc(-c2c(-c3ccccc3)oc3cc(O)c(C(=O)O)cc23)nn1)Nc1ccccc1. The van der Waals surface area contributed by atoms with Crippen LogP contribution in [0.2, 0.25) is 0 Å². The maximum atomic E-state index is 12.3. The normalized spacial score (nSPS) is 11.0. The van der Waals surface area contributed by atoms with Gasteiger partial charge in [0.1, 0.15) is 28.4 Å². The van der Waals surface area contributed by atoms with E-state index in [4.69, 9.17) is 4.42 Å². The number of para-hydroxylation sites is 1. The Hall–Kier alpha value is -4.92. The van der Waals surface area contributed by atoms with E-state index in [2.05, 4.69) is 15.6 Å². The Morgan fingerprint density at radius 2 is 1.71 bits per heavy atom. The fraction of sp³-hybridized carbons (Fsp3) is 0.0769. The molecule has 35 heavy (non-hydrogen) atoms. The average Bonchev–Trinajstić information content (AvgIpc) is 3.47. The van der Waals surface area contributed by atoms with Gasteiger partial charge in [0, 0.05) is 29.1 Å². The largest absolute Gasteiger partial charge is 0.507 e. The zero-order valence-electron chi connectivity index (χ0n) is 18.4. The number of hydrogen-bond donors (Lipinski definition) is 3. The van der Waals surface area contributed by atoms with E-state index in [1.54, 1.807) is 10.9 Å². The summed E-state index contributed by atoms with van der Waals surface area (Å²) in [6, 6.07) is 21.1. The van der Waals surface area contributed by atoms with Crippen LogP contribution in [-0.4, -0.2) is 37.1 Å². The number of amides is 1. The third-order valence-electron chi connectivity index (χ3n) is 5.49. The van der Waals surface area contributed by atoms with Crippen LogP contribution in [0, 0.1) is 0 Å². The summed E-state index contributed by atoms with van der Waals surface area (Å²) < 4.78 is 7.58. The van der Waals surface area contributed by atoms with Gasteiger partial charge in [-0.25, -0.2) is 4.79 Å². The van der Waals surface area contributed by atoms with Crippen molar-refractivity contribution >= 4 is 28.5 Å². The predicted molar refractivity (Wildman–Crippen MR) is 129 cm³/mol. The molecule has 5 aromatic rings. The Labute approximate surface area is 199 Å². The van der Waals surface area contributed by atoms with E-state index in [-0.39, 0.29) is 17.9 Å². The molecule has 0 atom stereocenters. The zero-order chi connectivity index (χ0) is 24.4. The molecule has 5 rings (SSSR count). The molecule has 3 aromatic carbocycles. The molecular weight excluding hydrogens is 448 g/mol. The lowest BCUT2D eigenvalue weighted by molar-refractivity contribution is -0.116. The van der Waals surface area contributed by atoms with Crippen molar-refractivity contribution in [2.75, 3.05) is 5.32 Å². The highest BCUT2D eigenvalue weighted by Gasteiger charge is 2.23. The fourth-order valence-electron chi connectivity index (χ4n) is 3.83. The maximum absolute atomic E-state index is 12.3. The molecule has 0 bridgehead atoms. The van der Waals surface area contributed by atoms with Crippen molar-refractivity contribution in [3.05, 3.63) is 84.6 Å². The summed E-state index contributed by atoms with van der Waals surface area (Å²) in [5, 5.41) is 31.3. The maximum Gasteiger partial charge on any atom is 0.339 e. The highest BCUT2D eigenvalue weighted by Crippen LogP contribution is 2.42. The summed E-state index contributed by atoms with van der Waals surface area (Å²) >= 11 is 0. The second-order valence-corrected chi connectivity index (χ2v) is 7.87. The van der Waals surface area contributed by atoms with Gasteiger partial charge in [0.15, 0.2) is 0 Å². The van der Waals surface area contributed by atoms with Crippen LogP contribution in [0.1, 0.15) is 16.8 Å². The highest BCUT2D eigenvalue weighted by molar-refractivity contribution is 6.05. The Morgan fingerprint density at radius 3 is 2.43 bits per heavy atom. The minimum atomic E-state index is -1.26. The van der Waals surface area contributed by atoms with Gasteiger partial charge >= 0.3 is 5.97 Å². The lowest BCUT2D eigenvalue weighted by Gasteiger charge is -2.04. The van der Waals surface area contributed by atoms with E-state index in [1.165, 1.54) is 12.1 Å². The molecule has 0 fully saturated rings. The molecule has 0 radical (unpaired) electrons. The van der Waals surface area contributed by atoms with Gasteiger partial charge in [0.05, 0.1) is 18.3 Å². The summed E-state index contributed by atoms with van der Waals surface area (Å²) in [5.74, 6) is -1.34. The number of furan rings is 1. The number of aromatic nitrogens is 3. The third-order valence-corrected chi connectivity index (χ3v) is 5.49. The Morgan fingerprint density at radius 1 is 1.00 bits per heavy atom. The Kier molecular flexibility index (Phi) is 5.72. The van der Waals surface area contributed by atoms with E-state index >= 15 is 0 Å². The van der Waals surface area contributed by atoms with Gasteiger partial charge in [-0.2, -0.15) is 0 Å². The quantitative estimate of drug-likeness (QED) is 0.313. The van der Waals surface area contributed by atoms with Crippen LogP contribution in [0.25, 0.3) is 33.6 Å². The number of aromatic carboxylic acids is 1.